The van der Waals surface area contributed by atoms with Crippen LogP contribution in [0.5, 0.6) is 11.5 Å². The number of piperazine rings is 1. The van der Waals surface area contributed by atoms with Crippen LogP contribution in [0.15, 0.2) is 16.6 Å². The van der Waals surface area contributed by atoms with Crippen LogP contribution < -0.4 is 10.1 Å². The van der Waals surface area contributed by atoms with Crippen molar-refractivity contribution in [2.45, 2.75) is 26.3 Å². The van der Waals surface area contributed by atoms with Gasteiger partial charge in [-0.3, -0.25) is 4.90 Å². The fourth-order valence-electron chi connectivity index (χ4n) is 3.02. The number of ether oxygens (including phenoxy) is 1. The van der Waals surface area contributed by atoms with Gasteiger partial charge in [0.2, 0.25) is 0 Å². The number of hydrogen-bond acceptors (Lipinski definition) is 4. The lowest BCUT2D eigenvalue weighted by Crippen LogP contribution is -2.46. The number of phenols is 1. The molecule has 0 aliphatic carbocycles. The number of nitrogens with one attached hydrogen (secondary N) is 1. The fraction of sp³-hybridized carbons (Fsp3) is 0.625. The summed E-state index contributed by atoms with van der Waals surface area (Å²) in [7, 11) is 1.59. The first-order valence-corrected chi connectivity index (χ1v) is 8.39. The van der Waals surface area contributed by atoms with Crippen LogP contribution >= 0.6 is 40.7 Å². The molecule has 1 unspecified atom stereocenters. The maximum Gasteiger partial charge on any atom is 0.162 e. The zero-order chi connectivity index (χ0) is 15.4. The van der Waals surface area contributed by atoms with Crippen LogP contribution in [-0.4, -0.2) is 43.3 Å². The third-order valence-corrected chi connectivity index (χ3v) is 4.79. The first-order valence-electron chi connectivity index (χ1n) is 7.59. The predicted molar refractivity (Wildman–Crippen MR) is 103 cm³/mol. The molecule has 1 aromatic rings. The Kier molecular flexibility index (Phi) is 10.5. The van der Waals surface area contributed by atoms with Crippen LogP contribution in [0.4, 0.5) is 0 Å². The van der Waals surface area contributed by atoms with E-state index >= 15 is 0 Å². The Labute approximate surface area is 159 Å². The molecule has 1 aliphatic rings. The van der Waals surface area contributed by atoms with Gasteiger partial charge in [0.15, 0.2) is 11.5 Å². The summed E-state index contributed by atoms with van der Waals surface area (Å²) in [6.07, 6.45) is 1.07. The van der Waals surface area contributed by atoms with E-state index in [1.807, 2.05) is 12.1 Å². The second-order valence-corrected chi connectivity index (χ2v) is 6.58. The van der Waals surface area contributed by atoms with E-state index in [0.717, 1.165) is 42.6 Å². The molecule has 7 heteroatoms. The number of rotatable bonds is 5. The topological polar surface area (TPSA) is 44.7 Å². The van der Waals surface area contributed by atoms with Crippen molar-refractivity contribution in [1.82, 2.24) is 10.2 Å². The molecule has 4 nitrogen and oxygen atoms in total. The van der Waals surface area contributed by atoms with E-state index in [0.29, 0.717) is 11.7 Å². The van der Waals surface area contributed by atoms with Gasteiger partial charge < -0.3 is 15.2 Å². The molecule has 1 aromatic carbocycles. The zero-order valence-electron chi connectivity index (χ0n) is 13.8. The maximum absolute atomic E-state index is 10.6. The van der Waals surface area contributed by atoms with Crippen molar-refractivity contribution in [2.24, 2.45) is 5.92 Å². The van der Waals surface area contributed by atoms with E-state index < -0.39 is 0 Å². The van der Waals surface area contributed by atoms with Crippen LogP contribution in [0.1, 0.15) is 31.9 Å². The van der Waals surface area contributed by atoms with Crippen LogP contribution in [0, 0.1) is 5.92 Å². The summed E-state index contributed by atoms with van der Waals surface area (Å²) in [4.78, 5) is 2.46. The number of halogens is 3. The predicted octanol–water partition coefficient (Wildman–Crippen LogP) is 4.00. The van der Waals surface area contributed by atoms with Crippen LogP contribution in [0.25, 0.3) is 0 Å². The molecule has 134 valence electrons. The third-order valence-electron chi connectivity index (χ3n) is 4.34. The normalized spacial score (nSPS) is 17.6. The molecule has 1 saturated heterocycles. The van der Waals surface area contributed by atoms with Gasteiger partial charge in [-0.1, -0.05) is 36.2 Å². The number of aromatic hydroxyl groups is 1. The monoisotopic (exact) mass is 428 g/mol. The molecule has 1 heterocycles. The number of methoxy groups -OCH3 is 1. The molecule has 0 bridgehead atoms. The van der Waals surface area contributed by atoms with E-state index in [9.17, 15) is 5.11 Å². The van der Waals surface area contributed by atoms with E-state index in [2.05, 4.69) is 40.0 Å². The largest absolute Gasteiger partial charge is 0.504 e. The Morgan fingerprint density at radius 1 is 1.30 bits per heavy atom. The Balaban J connectivity index is 0.00000242. The van der Waals surface area contributed by atoms with Gasteiger partial charge in [-0.25, -0.2) is 0 Å². The Morgan fingerprint density at radius 3 is 2.43 bits per heavy atom. The summed E-state index contributed by atoms with van der Waals surface area (Å²) in [5, 5.41) is 14.0. The van der Waals surface area contributed by atoms with Crippen molar-refractivity contribution >= 4 is 40.7 Å². The Morgan fingerprint density at radius 2 is 1.91 bits per heavy atom. The first-order chi connectivity index (χ1) is 10.1. The van der Waals surface area contributed by atoms with E-state index in [-0.39, 0.29) is 36.6 Å². The lowest BCUT2D eigenvalue weighted by atomic mass is 9.89. The standard InChI is InChI=1S/C16H25BrN2O2.2ClH/c1-4-11(2)15(19-7-5-18-6-8-19)13-9-12(17)10-14(21-3)16(13)20;;/h9-11,15,18,20H,4-8H2,1-3H3;2*1H/t11?,15-;;/m0../s1. The van der Waals surface area contributed by atoms with Crippen molar-refractivity contribution in [3.8, 4) is 11.5 Å². The van der Waals surface area contributed by atoms with Gasteiger partial charge in [0.25, 0.3) is 0 Å². The molecule has 2 atom stereocenters. The van der Waals surface area contributed by atoms with Gasteiger partial charge in [0.05, 0.1) is 7.11 Å². The third kappa shape index (κ3) is 5.40. The molecule has 2 N–H and O–H groups in total. The zero-order valence-corrected chi connectivity index (χ0v) is 17.1. The molecule has 0 amide bonds. The number of benzene rings is 1. The van der Waals surface area contributed by atoms with E-state index in [1.165, 1.54) is 0 Å². The number of hydrogen-bond donors (Lipinski definition) is 2. The summed E-state index contributed by atoms with van der Waals surface area (Å²) in [5.74, 6) is 1.26. The molecule has 0 radical (unpaired) electrons. The van der Waals surface area contributed by atoms with Crippen LogP contribution in [0.2, 0.25) is 0 Å². The number of phenolic OH excluding ortho intramolecular Hbond substituents is 1. The minimum atomic E-state index is 0. The summed E-state index contributed by atoms with van der Waals surface area (Å²) in [6, 6.07) is 4.05. The minimum absolute atomic E-state index is 0. The lowest BCUT2D eigenvalue weighted by Gasteiger charge is -2.38. The molecule has 1 fully saturated rings. The minimum Gasteiger partial charge on any atom is -0.504 e. The average Bonchev–Trinajstić information content (AvgIpc) is 2.51. The summed E-state index contributed by atoms with van der Waals surface area (Å²) >= 11 is 3.53. The van der Waals surface area contributed by atoms with Crippen molar-refractivity contribution in [1.29, 1.82) is 0 Å². The van der Waals surface area contributed by atoms with Gasteiger partial charge in [-0.15, -0.1) is 24.8 Å². The highest BCUT2D eigenvalue weighted by Crippen LogP contribution is 2.42. The highest BCUT2D eigenvalue weighted by Gasteiger charge is 2.29. The summed E-state index contributed by atoms with van der Waals surface area (Å²) in [5.41, 5.74) is 0.956. The smallest absolute Gasteiger partial charge is 0.162 e. The molecule has 23 heavy (non-hydrogen) atoms. The van der Waals surface area contributed by atoms with E-state index in [4.69, 9.17) is 4.74 Å². The van der Waals surface area contributed by atoms with Crippen molar-refractivity contribution < 1.29 is 9.84 Å². The van der Waals surface area contributed by atoms with E-state index in [1.54, 1.807) is 7.11 Å². The van der Waals surface area contributed by atoms with Gasteiger partial charge in [0, 0.05) is 42.3 Å². The van der Waals surface area contributed by atoms with Crippen molar-refractivity contribution in [2.75, 3.05) is 33.3 Å². The summed E-state index contributed by atoms with van der Waals surface area (Å²) < 4.78 is 6.25. The van der Waals surface area contributed by atoms with Gasteiger partial charge in [0.1, 0.15) is 0 Å². The summed E-state index contributed by atoms with van der Waals surface area (Å²) in [6.45, 7) is 8.45. The SMILES string of the molecule is CCC(C)[C@@H](c1cc(Br)cc(OC)c1O)N1CCNCC1.Cl.Cl. The molecule has 0 spiro atoms. The van der Waals surface area contributed by atoms with Crippen LogP contribution in [0.3, 0.4) is 0 Å². The fourth-order valence-corrected chi connectivity index (χ4v) is 3.48. The second-order valence-electron chi connectivity index (χ2n) is 5.66. The second kappa shape index (κ2) is 10.6. The van der Waals surface area contributed by atoms with Crippen molar-refractivity contribution in [3.63, 3.8) is 0 Å². The molecular formula is C16H27BrCl2N2O2. The average molecular weight is 430 g/mol. The Hall–Kier alpha value is -0.200. The molecule has 0 aromatic heterocycles. The Bertz CT molecular complexity index is 485. The molecule has 2 rings (SSSR count). The molecular weight excluding hydrogens is 403 g/mol. The molecule has 1 aliphatic heterocycles. The first kappa shape index (κ1) is 22.8. The van der Waals surface area contributed by atoms with Gasteiger partial charge >= 0.3 is 0 Å². The quantitative estimate of drug-likeness (QED) is 0.742. The van der Waals surface area contributed by atoms with Crippen molar-refractivity contribution in [3.05, 3.63) is 22.2 Å². The van der Waals surface area contributed by atoms with Gasteiger partial charge in [-0.2, -0.15) is 0 Å². The molecule has 0 saturated carbocycles. The van der Waals surface area contributed by atoms with Crippen LogP contribution in [-0.2, 0) is 0 Å². The number of nitrogens with zero attached hydrogens (tertiary/aromatic N) is 1. The highest BCUT2D eigenvalue weighted by atomic mass is 79.9. The highest BCUT2D eigenvalue weighted by molar-refractivity contribution is 9.10. The maximum atomic E-state index is 10.6. The van der Waals surface area contributed by atoms with Gasteiger partial charge in [-0.05, 0) is 18.1 Å². The lowest BCUT2D eigenvalue weighted by molar-refractivity contribution is 0.126.